The van der Waals surface area contributed by atoms with Crippen LogP contribution in [0.25, 0.3) is 0 Å². The van der Waals surface area contributed by atoms with Crippen LogP contribution in [0.3, 0.4) is 0 Å². The van der Waals surface area contributed by atoms with Crippen molar-refractivity contribution in [3.8, 4) is 0 Å². The van der Waals surface area contributed by atoms with Gasteiger partial charge in [0.05, 0.1) is 0 Å². The number of rotatable bonds is 3. The molecule has 0 bridgehead atoms. The first-order chi connectivity index (χ1) is 9.18. The Morgan fingerprint density at radius 3 is 2.68 bits per heavy atom. The van der Waals surface area contributed by atoms with Crippen molar-refractivity contribution in [2.75, 3.05) is 6.54 Å². The van der Waals surface area contributed by atoms with E-state index < -0.39 is 17.4 Å². The second-order valence-electron chi connectivity index (χ2n) is 4.55. The monoisotopic (exact) mass is 281 g/mol. The third-order valence-electron chi connectivity index (χ3n) is 3.20. The summed E-state index contributed by atoms with van der Waals surface area (Å²) in [6.07, 6.45) is 1.93. The van der Waals surface area contributed by atoms with Crippen LogP contribution in [-0.2, 0) is 16.1 Å². The van der Waals surface area contributed by atoms with E-state index in [-0.39, 0.29) is 6.61 Å². The highest BCUT2D eigenvalue weighted by Crippen LogP contribution is 2.20. The average molecular weight is 282 g/mol. The molecule has 1 amide bonds. The SMILES string of the molecule is O=C(Cl)C1CCCCN1C(=O)OCc1ccccc1. The summed E-state index contributed by atoms with van der Waals surface area (Å²) in [7, 11) is 0. The molecule has 0 aliphatic carbocycles. The van der Waals surface area contributed by atoms with Crippen LogP contribution in [0.5, 0.6) is 0 Å². The van der Waals surface area contributed by atoms with Crippen LogP contribution in [0.15, 0.2) is 30.3 Å². The summed E-state index contributed by atoms with van der Waals surface area (Å²) < 4.78 is 5.22. The van der Waals surface area contributed by atoms with Gasteiger partial charge in [0.25, 0.3) is 0 Å². The van der Waals surface area contributed by atoms with Crippen LogP contribution in [0.2, 0.25) is 0 Å². The molecule has 1 atom stereocenters. The molecule has 0 radical (unpaired) electrons. The maximum Gasteiger partial charge on any atom is 0.410 e. The summed E-state index contributed by atoms with van der Waals surface area (Å²) in [5.41, 5.74) is 0.918. The van der Waals surface area contributed by atoms with E-state index in [2.05, 4.69) is 0 Å². The van der Waals surface area contributed by atoms with Gasteiger partial charge in [-0.25, -0.2) is 4.79 Å². The molecule has 4 nitrogen and oxygen atoms in total. The van der Waals surface area contributed by atoms with Gasteiger partial charge in [0.2, 0.25) is 5.24 Å². The largest absolute Gasteiger partial charge is 0.445 e. The molecule has 1 aliphatic heterocycles. The maximum absolute atomic E-state index is 12.0. The number of carbonyl (C=O) groups is 2. The molecular formula is C14H16ClNO3. The fourth-order valence-electron chi connectivity index (χ4n) is 2.19. The summed E-state index contributed by atoms with van der Waals surface area (Å²) in [5, 5.41) is -0.489. The lowest BCUT2D eigenvalue weighted by atomic mass is 10.0. The third kappa shape index (κ3) is 3.70. The quantitative estimate of drug-likeness (QED) is 0.800. The van der Waals surface area contributed by atoms with E-state index >= 15 is 0 Å². The predicted octanol–water partition coefficient (Wildman–Crippen LogP) is 2.94. The smallest absolute Gasteiger partial charge is 0.410 e. The summed E-state index contributed by atoms with van der Waals surface area (Å²) in [6, 6.07) is 8.89. The van der Waals surface area contributed by atoms with Gasteiger partial charge < -0.3 is 4.74 Å². The van der Waals surface area contributed by atoms with Crippen molar-refractivity contribution < 1.29 is 14.3 Å². The highest BCUT2D eigenvalue weighted by atomic mass is 35.5. The molecule has 5 heteroatoms. The minimum absolute atomic E-state index is 0.208. The van der Waals surface area contributed by atoms with Crippen LogP contribution < -0.4 is 0 Å². The first-order valence-electron chi connectivity index (χ1n) is 6.35. The number of ether oxygens (including phenoxy) is 1. The molecule has 0 aromatic heterocycles. The number of likely N-dealkylation sites (tertiary alicyclic amines) is 1. The van der Waals surface area contributed by atoms with E-state index in [9.17, 15) is 9.59 Å². The lowest BCUT2D eigenvalue weighted by molar-refractivity contribution is -0.117. The molecule has 0 spiro atoms. The Labute approximate surface area is 117 Å². The Kier molecular flexibility index (Phi) is 4.80. The van der Waals surface area contributed by atoms with Crippen LogP contribution in [0, 0.1) is 0 Å². The first-order valence-corrected chi connectivity index (χ1v) is 6.73. The lowest BCUT2D eigenvalue weighted by Gasteiger charge is -2.32. The van der Waals surface area contributed by atoms with Crippen molar-refractivity contribution in [2.45, 2.75) is 31.9 Å². The molecule has 19 heavy (non-hydrogen) atoms. The number of piperidine rings is 1. The normalized spacial score (nSPS) is 19.0. The Hall–Kier alpha value is -1.55. The molecule has 1 saturated heterocycles. The number of nitrogens with zero attached hydrogens (tertiary/aromatic N) is 1. The second kappa shape index (κ2) is 6.57. The molecule has 1 aliphatic rings. The zero-order valence-electron chi connectivity index (χ0n) is 10.5. The lowest BCUT2D eigenvalue weighted by Crippen LogP contribution is -2.46. The summed E-state index contributed by atoms with van der Waals surface area (Å²) in [4.78, 5) is 24.7. The van der Waals surface area contributed by atoms with Crippen LogP contribution >= 0.6 is 11.6 Å². The van der Waals surface area contributed by atoms with Crippen molar-refractivity contribution in [1.29, 1.82) is 0 Å². The summed E-state index contributed by atoms with van der Waals surface area (Å²) in [6.45, 7) is 0.732. The Morgan fingerprint density at radius 1 is 1.26 bits per heavy atom. The standard InChI is InChI=1S/C14H16ClNO3/c15-13(17)12-8-4-5-9-16(12)14(18)19-10-11-6-2-1-3-7-11/h1-3,6-7,12H,4-5,8-10H2. The average Bonchev–Trinajstić information content (AvgIpc) is 2.46. The predicted molar refractivity (Wildman–Crippen MR) is 71.8 cm³/mol. The fraction of sp³-hybridized carbons (Fsp3) is 0.429. The van der Waals surface area contributed by atoms with Crippen LogP contribution in [0.4, 0.5) is 4.79 Å². The van der Waals surface area contributed by atoms with Crippen LogP contribution in [0.1, 0.15) is 24.8 Å². The van der Waals surface area contributed by atoms with Gasteiger partial charge in [0.15, 0.2) is 0 Å². The topological polar surface area (TPSA) is 46.6 Å². The molecular weight excluding hydrogens is 266 g/mol. The van der Waals surface area contributed by atoms with E-state index in [1.54, 1.807) is 0 Å². The number of hydrogen-bond acceptors (Lipinski definition) is 3. The molecule has 2 rings (SSSR count). The number of benzene rings is 1. The number of amides is 1. The van der Waals surface area contributed by atoms with Crippen molar-refractivity contribution in [2.24, 2.45) is 0 Å². The zero-order valence-corrected chi connectivity index (χ0v) is 11.3. The minimum Gasteiger partial charge on any atom is -0.445 e. The zero-order chi connectivity index (χ0) is 13.7. The number of carbonyl (C=O) groups excluding carboxylic acids is 2. The molecule has 1 aromatic rings. The molecule has 1 fully saturated rings. The van der Waals surface area contributed by atoms with Crippen molar-refractivity contribution in [1.82, 2.24) is 4.90 Å². The number of halogens is 1. The van der Waals surface area contributed by atoms with E-state index in [1.165, 1.54) is 4.90 Å². The number of hydrogen-bond donors (Lipinski definition) is 0. The first kappa shape index (κ1) is 13.9. The minimum atomic E-state index is -0.543. The van der Waals surface area contributed by atoms with Gasteiger partial charge in [0, 0.05) is 6.54 Å². The highest BCUT2D eigenvalue weighted by molar-refractivity contribution is 6.64. The molecule has 0 N–H and O–H groups in total. The van der Waals surface area contributed by atoms with Crippen molar-refractivity contribution >= 4 is 22.9 Å². The maximum atomic E-state index is 12.0. The van der Waals surface area contributed by atoms with Crippen molar-refractivity contribution in [3.63, 3.8) is 0 Å². The second-order valence-corrected chi connectivity index (χ2v) is 4.92. The van der Waals surface area contributed by atoms with E-state index in [0.29, 0.717) is 13.0 Å². The van der Waals surface area contributed by atoms with Gasteiger partial charge in [0.1, 0.15) is 12.6 Å². The van der Waals surface area contributed by atoms with Gasteiger partial charge >= 0.3 is 6.09 Å². The van der Waals surface area contributed by atoms with Crippen molar-refractivity contribution in [3.05, 3.63) is 35.9 Å². The molecule has 0 saturated carbocycles. The van der Waals surface area contributed by atoms with Gasteiger partial charge in [-0.2, -0.15) is 0 Å². The van der Waals surface area contributed by atoms with E-state index in [0.717, 1.165) is 18.4 Å². The Balaban J connectivity index is 1.93. The fourth-order valence-corrected chi connectivity index (χ4v) is 2.42. The highest BCUT2D eigenvalue weighted by Gasteiger charge is 2.32. The van der Waals surface area contributed by atoms with E-state index in [4.69, 9.17) is 16.3 Å². The van der Waals surface area contributed by atoms with Gasteiger partial charge in [-0.1, -0.05) is 30.3 Å². The Bertz CT molecular complexity index is 449. The third-order valence-corrected chi connectivity index (χ3v) is 3.46. The van der Waals surface area contributed by atoms with Gasteiger partial charge in [-0.15, -0.1) is 0 Å². The summed E-state index contributed by atoms with van der Waals surface area (Å²) >= 11 is 5.52. The molecule has 102 valence electrons. The van der Waals surface area contributed by atoms with Gasteiger partial charge in [-0.3, -0.25) is 9.69 Å². The summed E-state index contributed by atoms with van der Waals surface area (Å²) in [5.74, 6) is 0. The molecule has 1 heterocycles. The van der Waals surface area contributed by atoms with Crippen LogP contribution in [-0.4, -0.2) is 28.8 Å². The van der Waals surface area contributed by atoms with E-state index in [1.807, 2.05) is 30.3 Å². The van der Waals surface area contributed by atoms with Gasteiger partial charge in [-0.05, 0) is 36.4 Å². The Morgan fingerprint density at radius 2 is 2.00 bits per heavy atom. The molecule has 1 unspecified atom stereocenters. The molecule has 1 aromatic carbocycles.